The van der Waals surface area contributed by atoms with Crippen LogP contribution in [-0.2, 0) is 14.3 Å². The lowest BCUT2D eigenvalue weighted by Crippen LogP contribution is -2.37. The fourth-order valence-electron chi connectivity index (χ4n) is 2.90. The van der Waals surface area contributed by atoms with Crippen molar-refractivity contribution in [2.75, 3.05) is 43.1 Å². The first-order chi connectivity index (χ1) is 10.5. The van der Waals surface area contributed by atoms with E-state index in [1.807, 2.05) is 13.8 Å². The summed E-state index contributed by atoms with van der Waals surface area (Å²) >= 11 is 0. The van der Waals surface area contributed by atoms with Gasteiger partial charge in [-0.2, -0.15) is 0 Å². The summed E-state index contributed by atoms with van der Waals surface area (Å²) in [6.07, 6.45) is 0. The number of anilines is 2. The zero-order chi connectivity index (χ0) is 16.1. The summed E-state index contributed by atoms with van der Waals surface area (Å²) in [6, 6.07) is 3.83. The summed E-state index contributed by atoms with van der Waals surface area (Å²) in [4.78, 5) is 14.1. The molecule has 22 heavy (non-hydrogen) atoms. The fraction of sp³-hybridized carbons (Fsp3) is 0.588. The number of morpholine rings is 1. The highest BCUT2D eigenvalue weighted by Crippen LogP contribution is 2.29. The monoisotopic (exact) mass is 306 g/mol. The highest BCUT2D eigenvalue weighted by molar-refractivity contribution is 5.79. The average Bonchev–Trinajstić information content (AvgIpc) is 2.47. The smallest absolute Gasteiger partial charge is 0.328 e. The van der Waals surface area contributed by atoms with E-state index in [-0.39, 0.29) is 12.0 Å². The normalized spacial score (nSPS) is 16.3. The molecular weight excluding hydrogens is 280 g/mol. The van der Waals surface area contributed by atoms with Crippen LogP contribution in [0.15, 0.2) is 12.1 Å². The Hall–Kier alpha value is -1.75. The van der Waals surface area contributed by atoms with Crippen LogP contribution in [0.4, 0.5) is 11.4 Å². The highest BCUT2D eigenvalue weighted by Gasteiger charge is 2.18. The van der Waals surface area contributed by atoms with Crippen molar-refractivity contribution in [3.05, 3.63) is 23.3 Å². The van der Waals surface area contributed by atoms with Gasteiger partial charge in [-0.25, -0.2) is 4.79 Å². The molecule has 1 aromatic carbocycles. The van der Waals surface area contributed by atoms with Crippen molar-refractivity contribution in [3.8, 4) is 0 Å². The van der Waals surface area contributed by atoms with Crippen LogP contribution >= 0.6 is 0 Å². The van der Waals surface area contributed by atoms with Crippen molar-refractivity contribution >= 4 is 17.3 Å². The van der Waals surface area contributed by atoms with Gasteiger partial charge in [0.05, 0.1) is 19.8 Å². The number of hydrogen-bond acceptors (Lipinski definition) is 5. The number of esters is 1. The number of benzene rings is 1. The molecule has 0 bridgehead atoms. The molecule has 1 aromatic rings. The summed E-state index contributed by atoms with van der Waals surface area (Å²) in [5, 5.41) is 3.22. The molecule has 0 aromatic heterocycles. The van der Waals surface area contributed by atoms with Gasteiger partial charge in [0.2, 0.25) is 0 Å². The number of rotatable bonds is 5. The molecule has 122 valence electrons. The van der Waals surface area contributed by atoms with Gasteiger partial charge in [-0.1, -0.05) is 0 Å². The maximum absolute atomic E-state index is 11.7. The molecular formula is C17H26N2O3. The number of aryl methyl sites for hydroxylation is 2. The van der Waals surface area contributed by atoms with E-state index >= 15 is 0 Å². The van der Waals surface area contributed by atoms with Crippen molar-refractivity contribution in [1.29, 1.82) is 0 Å². The Morgan fingerprint density at radius 1 is 1.32 bits per heavy atom. The van der Waals surface area contributed by atoms with Gasteiger partial charge in [-0.15, -0.1) is 0 Å². The van der Waals surface area contributed by atoms with Gasteiger partial charge < -0.3 is 19.7 Å². The molecule has 1 fully saturated rings. The van der Waals surface area contributed by atoms with Crippen LogP contribution in [-0.4, -0.2) is 44.9 Å². The molecule has 0 spiro atoms. The van der Waals surface area contributed by atoms with Crippen molar-refractivity contribution < 1.29 is 14.3 Å². The number of carbonyl (C=O) groups excluding carboxylic acids is 1. The lowest BCUT2D eigenvalue weighted by Gasteiger charge is -2.32. The predicted octanol–water partition coefficient (Wildman–Crippen LogP) is 2.50. The second-order valence-corrected chi connectivity index (χ2v) is 5.68. The van der Waals surface area contributed by atoms with E-state index in [1.54, 1.807) is 0 Å². The zero-order valence-corrected chi connectivity index (χ0v) is 13.9. The quantitative estimate of drug-likeness (QED) is 0.847. The number of ether oxygens (including phenoxy) is 2. The maximum Gasteiger partial charge on any atom is 0.328 e. The van der Waals surface area contributed by atoms with Gasteiger partial charge in [0.15, 0.2) is 0 Å². The second-order valence-electron chi connectivity index (χ2n) is 5.68. The molecule has 1 saturated heterocycles. The molecule has 0 amide bonds. The molecule has 1 atom stereocenters. The molecule has 1 aliphatic heterocycles. The van der Waals surface area contributed by atoms with E-state index in [4.69, 9.17) is 9.47 Å². The summed E-state index contributed by atoms with van der Waals surface area (Å²) in [6.45, 7) is 11.7. The molecule has 2 rings (SSSR count). The third-order valence-corrected chi connectivity index (χ3v) is 3.84. The van der Waals surface area contributed by atoms with Gasteiger partial charge in [-0.3, -0.25) is 0 Å². The zero-order valence-electron chi connectivity index (χ0n) is 13.9. The van der Waals surface area contributed by atoms with E-state index in [0.717, 1.165) is 32.0 Å². The van der Waals surface area contributed by atoms with E-state index in [0.29, 0.717) is 6.61 Å². The number of hydrogen-bond donors (Lipinski definition) is 1. The van der Waals surface area contributed by atoms with Gasteiger partial charge in [0.25, 0.3) is 0 Å². The molecule has 0 aliphatic carbocycles. The van der Waals surface area contributed by atoms with Gasteiger partial charge in [0.1, 0.15) is 6.04 Å². The molecule has 1 N–H and O–H groups in total. The molecule has 0 saturated carbocycles. The Balaban J connectivity index is 2.13. The summed E-state index contributed by atoms with van der Waals surface area (Å²) in [7, 11) is 0. The Kier molecular flexibility index (Phi) is 5.66. The van der Waals surface area contributed by atoms with Gasteiger partial charge in [-0.05, 0) is 51.0 Å². The van der Waals surface area contributed by atoms with Gasteiger partial charge >= 0.3 is 5.97 Å². The fourth-order valence-corrected chi connectivity index (χ4v) is 2.90. The average molecular weight is 306 g/mol. The van der Waals surface area contributed by atoms with Crippen molar-refractivity contribution in [3.63, 3.8) is 0 Å². The topological polar surface area (TPSA) is 50.8 Å². The van der Waals surface area contributed by atoms with Gasteiger partial charge in [0, 0.05) is 24.5 Å². The highest BCUT2D eigenvalue weighted by atomic mass is 16.5. The lowest BCUT2D eigenvalue weighted by atomic mass is 10.1. The first kappa shape index (κ1) is 16.6. The minimum atomic E-state index is -0.354. The third kappa shape index (κ3) is 3.91. The van der Waals surface area contributed by atoms with E-state index in [1.165, 1.54) is 16.8 Å². The maximum atomic E-state index is 11.7. The van der Waals surface area contributed by atoms with E-state index < -0.39 is 0 Å². The molecule has 5 nitrogen and oxygen atoms in total. The third-order valence-electron chi connectivity index (χ3n) is 3.84. The summed E-state index contributed by atoms with van der Waals surface area (Å²) < 4.78 is 10.5. The van der Waals surface area contributed by atoms with Crippen molar-refractivity contribution in [1.82, 2.24) is 0 Å². The minimum absolute atomic E-state index is 0.227. The molecule has 0 radical (unpaired) electrons. The van der Waals surface area contributed by atoms with Crippen LogP contribution in [0.25, 0.3) is 0 Å². The van der Waals surface area contributed by atoms with Crippen molar-refractivity contribution in [2.24, 2.45) is 0 Å². The number of nitrogens with zero attached hydrogens (tertiary/aromatic N) is 1. The Morgan fingerprint density at radius 2 is 1.91 bits per heavy atom. The van der Waals surface area contributed by atoms with Crippen LogP contribution < -0.4 is 10.2 Å². The minimum Gasteiger partial charge on any atom is -0.464 e. The standard InChI is InChI=1S/C17H26N2O3/c1-5-22-17(20)14(4)18-15-10-12(2)16(13(3)11-15)19-6-8-21-9-7-19/h10-11,14,18H,5-9H2,1-4H3. The van der Waals surface area contributed by atoms with Crippen LogP contribution in [0.2, 0.25) is 0 Å². The largest absolute Gasteiger partial charge is 0.464 e. The SMILES string of the molecule is CCOC(=O)C(C)Nc1cc(C)c(N2CCOCC2)c(C)c1. The Morgan fingerprint density at radius 3 is 2.45 bits per heavy atom. The Bertz CT molecular complexity index is 502. The first-order valence-electron chi connectivity index (χ1n) is 7.90. The molecule has 1 heterocycles. The van der Waals surface area contributed by atoms with Crippen LogP contribution in [0.3, 0.4) is 0 Å². The Labute approximate surface area is 132 Å². The van der Waals surface area contributed by atoms with Crippen molar-refractivity contribution in [2.45, 2.75) is 33.7 Å². The van der Waals surface area contributed by atoms with Crippen LogP contribution in [0, 0.1) is 13.8 Å². The lowest BCUT2D eigenvalue weighted by molar-refractivity contribution is -0.143. The molecule has 5 heteroatoms. The van der Waals surface area contributed by atoms with E-state index in [2.05, 4.69) is 36.2 Å². The first-order valence-corrected chi connectivity index (χ1v) is 7.90. The van der Waals surface area contributed by atoms with Crippen LogP contribution in [0.1, 0.15) is 25.0 Å². The van der Waals surface area contributed by atoms with E-state index in [9.17, 15) is 4.79 Å². The van der Waals surface area contributed by atoms with Crippen LogP contribution in [0.5, 0.6) is 0 Å². The summed E-state index contributed by atoms with van der Waals surface area (Å²) in [5.74, 6) is -0.227. The molecule has 1 unspecified atom stereocenters. The number of nitrogens with one attached hydrogen (secondary N) is 1. The number of carbonyl (C=O) groups is 1. The summed E-state index contributed by atoms with van der Waals surface area (Å²) in [5.41, 5.74) is 4.64. The molecule has 1 aliphatic rings. The predicted molar refractivity (Wildman–Crippen MR) is 88.7 cm³/mol. The second kappa shape index (κ2) is 7.49.